The molecule has 0 aliphatic carbocycles. The number of benzene rings is 1. The first kappa shape index (κ1) is 10.6. The van der Waals surface area contributed by atoms with Gasteiger partial charge in [-0.1, -0.05) is 6.07 Å². The van der Waals surface area contributed by atoms with Crippen LogP contribution in [0.4, 0.5) is 11.4 Å². The molecule has 4 heteroatoms. The standard InChI is InChI=1S/C13H17N3O/c17-13-5-4-10-11(15-13)2-1-3-12(10)16-8-6-14-7-9-16/h1-3,14H,4-9H2,(H,15,17). The molecule has 2 aliphatic heterocycles. The first-order chi connectivity index (χ1) is 8.34. The van der Waals surface area contributed by atoms with Gasteiger partial charge in [0.2, 0.25) is 5.91 Å². The summed E-state index contributed by atoms with van der Waals surface area (Å²) in [5.74, 6) is 0.134. The molecule has 17 heavy (non-hydrogen) atoms. The van der Waals surface area contributed by atoms with Gasteiger partial charge in [0, 0.05) is 44.0 Å². The maximum absolute atomic E-state index is 11.4. The summed E-state index contributed by atoms with van der Waals surface area (Å²) < 4.78 is 0. The number of nitrogens with zero attached hydrogens (tertiary/aromatic N) is 1. The molecule has 0 spiro atoms. The zero-order valence-corrected chi connectivity index (χ0v) is 9.83. The van der Waals surface area contributed by atoms with E-state index in [1.807, 2.05) is 12.1 Å². The van der Waals surface area contributed by atoms with Crippen molar-refractivity contribution in [3.8, 4) is 0 Å². The van der Waals surface area contributed by atoms with Crippen LogP contribution >= 0.6 is 0 Å². The quantitative estimate of drug-likeness (QED) is 0.757. The number of amides is 1. The van der Waals surface area contributed by atoms with Gasteiger partial charge >= 0.3 is 0 Å². The number of hydrogen-bond acceptors (Lipinski definition) is 3. The van der Waals surface area contributed by atoms with E-state index in [1.165, 1.54) is 11.3 Å². The van der Waals surface area contributed by atoms with Gasteiger partial charge in [-0.3, -0.25) is 4.79 Å². The van der Waals surface area contributed by atoms with E-state index >= 15 is 0 Å². The van der Waals surface area contributed by atoms with Crippen LogP contribution in [0.2, 0.25) is 0 Å². The largest absolute Gasteiger partial charge is 0.369 e. The van der Waals surface area contributed by atoms with Gasteiger partial charge in [0.1, 0.15) is 0 Å². The summed E-state index contributed by atoms with van der Waals surface area (Å²) in [6.07, 6.45) is 1.47. The Balaban J connectivity index is 1.94. The minimum Gasteiger partial charge on any atom is -0.369 e. The fourth-order valence-electron chi connectivity index (χ4n) is 2.61. The molecule has 90 valence electrons. The van der Waals surface area contributed by atoms with E-state index in [9.17, 15) is 4.79 Å². The van der Waals surface area contributed by atoms with Crippen molar-refractivity contribution in [1.29, 1.82) is 0 Å². The Labute approximate surface area is 101 Å². The van der Waals surface area contributed by atoms with Crippen LogP contribution in [-0.4, -0.2) is 32.1 Å². The van der Waals surface area contributed by atoms with Gasteiger partial charge in [-0.05, 0) is 24.1 Å². The second-order valence-corrected chi connectivity index (χ2v) is 4.59. The van der Waals surface area contributed by atoms with Crippen LogP contribution < -0.4 is 15.5 Å². The molecule has 0 bridgehead atoms. The normalized spacial score (nSPS) is 19.8. The summed E-state index contributed by atoms with van der Waals surface area (Å²) in [6, 6.07) is 6.20. The summed E-state index contributed by atoms with van der Waals surface area (Å²) in [5, 5.41) is 6.32. The molecular weight excluding hydrogens is 214 g/mol. The Hall–Kier alpha value is -1.55. The van der Waals surface area contributed by atoms with E-state index in [2.05, 4.69) is 21.6 Å². The number of hydrogen-bond donors (Lipinski definition) is 2. The van der Waals surface area contributed by atoms with Crippen molar-refractivity contribution in [2.45, 2.75) is 12.8 Å². The van der Waals surface area contributed by atoms with Crippen LogP contribution in [0, 0.1) is 0 Å². The van der Waals surface area contributed by atoms with Gasteiger partial charge in [0.15, 0.2) is 0 Å². The lowest BCUT2D eigenvalue weighted by Crippen LogP contribution is -2.44. The van der Waals surface area contributed by atoms with Crippen LogP contribution in [0.3, 0.4) is 0 Å². The summed E-state index contributed by atoms with van der Waals surface area (Å²) >= 11 is 0. The number of rotatable bonds is 1. The van der Waals surface area contributed by atoms with E-state index in [4.69, 9.17) is 0 Å². The minimum atomic E-state index is 0.134. The molecule has 1 aromatic carbocycles. The molecule has 3 rings (SSSR count). The van der Waals surface area contributed by atoms with Crippen LogP contribution in [-0.2, 0) is 11.2 Å². The van der Waals surface area contributed by atoms with Gasteiger partial charge in [0.05, 0.1) is 0 Å². The van der Waals surface area contributed by atoms with E-state index in [0.717, 1.165) is 38.3 Å². The van der Waals surface area contributed by atoms with Crippen molar-refractivity contribution in [3.63, 3.8) is 0 Å². The van der Waals surface area contributed by atoms with Crippen LogP contribution in [0.15, 0.2) is 18.2 Å². The van der Waals surface area contributed by atoms with Gasteiger partial charge in [0.25, 0.3) is 0 Å². The Bertz CT molecular complexity index is 438. The van der Waals surface area contributed by atoms with Gasteiger partial charge < -0.3 is 15.5 Å². The highest BCUT2D eigenvalue weighted by atomic mass is 16.1. The number of nitrogens with one attached hydrogen (secondary N) is 2. The molecule has 2 aliphatic rings. The molecule has 1 saturated heterocycles. The fourth-order valence-corrected chi connectivity index (χ4v) is 2.61. The topological polar surface area (TPSA) is 44.4 Å². The monoisotopic (exact) mass is 231 g/mol. The van der Waals surface area contributed by atoms with Crippen LogP contribution in [0.1, 0.15) is 12.0 Å². The van der Waals surface area contributed by atoms with Gasteiger partial charge in [-0.15, -0.1) is 0 Å². The Morgan fingerprint density at radius 2 is 1.94 bits per heavy atom. The Morgan fingerprint density at radius 3 is 2.76 bits per heavy atom. The lowest BCUT2D eigenvalue weighted by molar-refractivity contribution is -0.116. The fraction of sp³-hybridized carbons (Fsp3) is 0.462. The average molecular weight is 231 g/mol. The molecule has 0 radical (unpaired) electrons. The molecule has 2 N–H and O–H groups in total. The van der Waals surface area contributed by atoms with Crippen molar-refractivity contribution in [2.75, 3.05) is 36.4 Å². The molecule has 0 unspecified atom stereocenters. The van der Waals surface area contributed by atoms with Crippen molar-refractivity contribution < 1.29 is 4.79 Å². The predicted octanol–water partition coefficient (Wildman–Crippen LogP) is 0.981. The Kier molecular flexibility index (Phi) is 2.73. The summed E-state index contributed by atoms with van der Waals surface area (Å²) in [6.45, 7) is 4.17. The number of anilines is 2. The van der Waals surface area contributed by atoms with E-state index in [0.29, 0.717) is 6.42 Å². The van der Waals surface area contributed by atoms with E-state index in [-0.39, 0.29) is 5.91 Å². The molecule has 1 aromatic rings. The highest BCUT2D eigenvalue weighted by Crippen LogP contribution is 2.31. The molecule has 2 heterocycles. The molecular formula is C13H17N3O. The van der Waals surface area contributed by atoms with Gasteiger partial charge in [-0.25, -0.2) is 0 Å². The first-order valence-corrected chi connectivity index (χ1v) is 6.22. The van der Waals surface area contributed by atoms with Crippen LogP contribution in [0.25, 0.3) is 0 Å². The SMILES string of the molecule is O=C1CCc2c(cccc2N2CCNCC2)N1. The third-order valence-electron chi connectivity index (χ3n) is 3.49. The number of fused-ring (bicyclic) bond motifs is 1. The van der Waals surface area contributed by atoms with E-state index < -0.39 is 0 Å². The molecule has 4 nitrogen and oxygen atoms in total. The second-order valence-electron chi connectivity index (χ2n) is 4.59. The first-order valence-electron chi connectivity index (χ1n) is 6.22. The maximum atomic E-state index is 11.4. The van der Waals surface area contributed by atoms with Crippen LogP contribution in [0.5, 0.6) is 0 Å². The minimum absolute atomic E-state index is 0.134. The predicted molar refractivity (Wildman–Crippen MR) is 68.5 cm³/mol. The lowest BCUT2D eigenvalue weighted by atomic mass is 10.00. The summed E-state index contributed by atoms with van der Waals surface area (Å²) in [7, 11) is 0. The summed E-state index contributed by atoms with van der Waals surface area (Å²) in [5.41, 5.74) is 3.59. The molecule has 1 amide bonds. The number of carbonyl (C=O) groups excluding carboxylic acids is 1. The summed E-state index contributed by atoms with van der Waals surface area (Å²) in [4.78, 5) is 13.8. The molecule has 0 atom stereocenters. The lowest BCUT2D eigenvalue weighted by Gasteiger charge is -2.32. The maximum Gasteiger partial charge on any atom is 0.224 e. The van der Waals surface area contributed by atoms with Crippen molar-refractivity contribution in [2.24, 2.45) is 0 Å². The molecule has 0 aromatic heterocycles. The van der Waals surface area contributed by atoms with E-state index in [1.54, 1.807) is 0 Å². The second kappa shape index (κ2) is 4.37. The van der Waals surface area contributed by atoms with Crippen molar-refractivity contribution >= 4 is 17.3 Å². The van der Waals surface area contributed by atoms with Crippen molar-refractivity contribution in [3.05, 3.63) is 23.8 Å². The smallest absolute Gasteiger partial charge is 0.224 e. The number of piperazine rings is 1. The highest BCUT2D eigenvalue weighted by Gasteiger charge is 2.21. The van der Waals surface area contributed by atoms with Crippen molar-refractivity contribution in [1.82, 2.24) is 5.32 Å². The highest BCUT2D eigenvalue weighted by molar-refractivity contribution is 5.95. The molecule has 1 fully saturated rings. The zero-order valence-electron chi connectivity index (χ0n) is 9.83. The molecule has 0 saturated carbocycles. The third kappa shape index (κ3) is 2.00. The average Bonchev–Trinajstić information content (AvgIpc) is 2.39. The third-order valence-corrected chi connectivity index (χ3v) is 3.49. The Morgan fingerprint density at radius 1 is 1.12 bits per heavy atom. The van der Waals surface area contributed by atoms with Gasteiger partial charge in [-0.2, -0.15) is 0 Å². The number of carbonyl (C=O) groups is 1. The zero-order chi connectivity index (χ0) is 11.7.